The van der Waals surface area contributed by atoms with Crippen molar-refractivity contribution in [3.05, 3.63) is 46.6 Å². The van der Waals surface area contributed by atoms with Crippen molar-refractivity contribution in [2.75, 3.05) is 0 Å². The molecule has 0 saturated carbocycles. The summed E-state index contributed by atoms with van der Waals surface area (Å²) in [4.78, 5) is 4.33. The lowest BCUT2D eigenvalue weighted by atomic mass is 10.1. The van der Waals surface area contributed by atoms with E-state index in [1.807, 2.05) is 31.2 Å². The third-order valence-corrected chi connectivity index (χ3v) is 2.96. The van der Waals surface area contributed by atoms with Gasteiger partial charge in [-0.15, -0.1) is 0 Å². The molecule has 1 aromatic carbocycles. The Bertz CT molecular complexity index is 588. The van der Waals surface area contributed by atoms with E-state index in [4.69, 9.17) is 21.4 Å². The molecule has 1 aromatic heterocycles. The predicted molar refractivity (Wildman–Crippen MR) is 71.7 cm³/mol. The minimum absolute atomic E-state index is 0.226. The van der Waals surface area contributed by atoms with E-state index in [1.54, 1.807) is 0 Å². The molecule has 0 saturated heterocycles. The van der Waals surface area contributed by atoms with Gasteiger partial charge in [-0.2, -0.15) is 10.2 Å². The summed E-state index contributed by atoms with van der Waals surface area (Å²) in [5.74, 6) is 1.45. The highest BCUT2D eigenvalue weighted by Gasteiger charge is 2.11. The van der Waals surface area contributed by atoms with Crippen LogP contribution in [-0.4, -0.2) is 10.1 Å². The van der Waals surface area contributed by atoms with Gasteiger partial charge in [0.25, 0.3) is 0 Å². The molecule has 5 heteroatoms. The Kier molecular flexibility index (Phi) is 4.53. The molecule has 19 heavy (non-hydrogen) atoms. The molecule has 4 nitrogen and oxygen atoms in total. The number of hydrogen-bond donors (Lipinski definition) is 0. The Balaban J connectivity index is 1.99. The molecule has 1 heterocycles. The zero-order valence-corrected chi connectivity index (χ0v) is 11.4. The Morgan fingerprint density at radius 1 is 1.47 bits per heavy atom. The van der Waals surface area contributed by atoms with Gasteiger partial charge in [-0.3, -0.25) is 0 Å². The summed E-state index contributed by atoms with van der Waals surface area (Å²) in [6, 6.07) is 9.72. The van der Waals surface area contributed by atoms with Crippen LogP contribution in [0.2, 0.25) is 5.02 Å². The van der Waals surface area contributed by atoms with Gasteiger partial charge in [-0.1, -0.05) is 35.8 Å². The van der Waals surface area contributed by atoms with Crippen LogP contribution in [0.4, 0.5) is 0 Å². The van der Waals surface area contributed by atoms with Crippen LogP contribution >= 0.6 is 11.6 Å². The molecule has 0 N–H and O–H groups in total. The minimum atomic E-state index is 0.226. The summed E-state index contributed by atoms with van der Waals surface area (Å²) < 4.78 is 5.18. The van der Waals surface area contributed by atoms with Crippen molar-refractivity contribution >= 4 is 11.6 Å². The average Bonchev–Trinajstić information content (AvgIpc) is 2.76. The Morgan fingerprint density at radius 3 is 3.05 bits per heavy atom. The molecule has 98 valence electrons. The molecule has 1 atom stereocenters. The predicted octanol–water partition coefficient (Wildman–Crippen LogP) is 3.41. The Labute approximate surface area is 117 Å². The summed E-state index contributed by atoms with van der Waals surface area (Å²) >= 11 is 5.93. The van der Waals surface area contributed by atoms with Gasteiger partial charge in [0.2, 0.25) is 5.89 Å². The zero-order valence-electron chi connectivity index (χ0n) is 10.6. The van der Waals surface area contributed by atoms with Gasteiger partial charge in [-0.25, -0.2) is 0 Å². The SMILES string of the molecule is CC(CC#N)Cc1nc(Cc2cccc(Cl)c2)no1. The molecule has 1 unspecified atom stereocenters. The highest BCUT2D eigenvalue weighted by atomic mass is 35.5. The van der Waals surface area contributed by atoms with Crippen LogP contribution in [0.1, 0.15) is 30.6 Å². The third-order valence-electron chi connectivity index (χ3n) is 2.72. The fourth-order valence-electron chi connectivity index (χ4n) is 1.80. The molecular formula is C14H14ClN3O. The summed E-state index contributed by atoms with van der Waals surface area (Å²) in [6.45, 7) is 1.99. The highest BCUT2D eigenvalue weighted by molar-refractivity contribution is 6.30. The lowest BCUT2D eigenvalue weighted by Crippen LogP contribution is -1.99. The van der Waals surface area contributed by atoms with Crippen LogP contribution < -0.4 is 0 Å². The van der Waals surface area contributed by atoms with Gasteiger partial charge in [0.1, 0.15) is 0 Å². The molecule has 0 amide bonds. The number of rotatable bonds is 5. The van der Waals surface area contributed by atoms with E-state index < -0.39 is 0 Å². The van der Waals surface area contributed by atoms with E-state index in [1.165, 1.54) is 0 Å². The number of aromatic nitrogens is 2. The largest absolute Gasteiger partial charge is 0.339 e. The van der Waals surface area contributed by atoms with Crippen molar-refractivity contribution in [3.8, 4) is 6.07 Å². The zero-order chi connectivity index (χ0) is 13.7. The number of halogens is 1. The first kappa shape index (κ1) is 13.6. The van der Waals surface area contributed by atoms with Crippen molar-refractivity contribution in [1.82, 2.24) is 10.1 Å². The monoisotopic (exact) mass is 275 g/mol. The first-order chi connectivity index (χ1) is 9.17. The molecule has 0 aliphatic carbocycles. The van der Waals surface area contributed by atoms with Crippen molar-refractivity contribution in [2.45, 2.75) is 26.2 Å². The quantitative estimate of drug-likeness (QED) is 0.839. The summed E-state index contributed by atoms with van der Waals surface area (Å²) in [5, 5.41) is 13.3. The highest BCUT2D eigenvalue weighted by Crippen LogP contribution is 2.14. The molecule has 0 bridgehead atoms. The van der Waals surface area contributed by atoms with E-state index in [2.05, 4.69) is 16.2 Å². The minimum Gasteiger partial charge on any atom is -0.339 e. The molecule has 0 aliphatic rings. The molecule has 0 radical (unpaired) electrons. The maximum Gasteiger partial charge on any atom is 0.226 e. The van der Waals surface area contributed by atoms with E-state index in [-0.39, 0.29) is 5.92 Å². The first-order valence-corrected chi connectivity index (χ1v) is 6.48. The van der Waals surface area contributed by atoms with Gasteiger partial charge in [-0.05, 0) is 23.6 Å². The van der Waals surface area contributed by atoms with Crippen LogP contribution in [0.3, 0.4) is 0 Å². The van der Waals surface area contributed by atoms with E-state index in [9.17, 15) is 0 Å². The van der Waals surface area contributed by atoms with Crippen LogP contribution in [0, 0.1) is 17.2 Å². The average molecular weight is 276 g/mol. The second-order valence-electron chi connectivity index (χ2n) is 4.58. The Morgan fingerprint density at radius 2 is 2.32 bits per heavy atom. The Hall–Kier alpha value is -1.86. The van der Waals surface area contributed by atoms with E-state index in [0.29, 0.717) is 36.0 Å². The maximum atomic E-state index is 8.61. The van der Waals surface area contributed by atoms with Gasteiger partial charge in [0.05, 0.1) is 6.07 Å². The normalized spacial score (nSPS) is 12.1. The van der Waals surface area contributed by atoms with Crippen molar-refractivity contribution in [2.24, 2.45) is 5.92 Å². The fraction of sp³-hybridized carbons (Fsp3) is 0.357. The summed E-state index contributed by atoms with van der Waals surface area (Å²) in [5.41, 5.74) is 1.05. The summed E-state index contributed by atoms with van der Waals surface area (Å²) in [6.07, 6.45) is 1.72. The van der Waals surface area contributed by atoms with Crippen molar-refractivity contribution in [3.63, 3.8) is 0 Å². The van der Waals surface area contributed by atoms with Gasteiger partial charge >= 0.3 is 0 Å². The van der Waals surface area contributed by atoms with Crippen molar-refractivity contribution < 1.29 is 4.52 Å². The van der Waals surface area contributed by atoms with Crippen LogP contribution in [0.25, 0.3) is 0 Å². The lowest BCUT2D eigenvalue weighted by molar-refractivity contribution is 0.355. The molecule has 2 rings (SSSR count). The molecule has 2 aromatic rings. The summed E-state index contributed by atoms with van der Waals surface area (Å²) in [7, 11) is 0. The van der Waals surface area contributed by atoms with Crippen molar-refractivity contribution in [1.29, 1.82) is 5.26 Å². The topological polar surface area (TPSA) is 62.7 Å². The molecule has 0 fully saturated rings. The number of benzene rings is 1. The smallest absolute Gasteiger partial charge is 0.226 e. The van der Waals surface area contributed by atoms with Crippen LogP contribution in [0.15, 0.2) is 28.8 Å². The second kappa shape index (κ2) is 6.35. The van der Waals surface area contributed by atoms with E-state index in [0.717, 1.165) is 5.56 Å². The third kappa shape index (κ3) is 4.08. The molecular weight excluding hydrogens is 262 g/mol. The molecule has 0 spiro atoms. The van der Waals surface area contributed by atoms with E-state index >= 15 is 0 Å². The van der Waals surface area contributed by atoms with Gasteiger partial charge in [0, 0.05) is 24.3 Å². The second-order valence-corrected chi connectivity index (χ2v) is 5.02. The van der Waals surface area contributed by atoms with Crippen LogP contribution in [-0.2, 0) is 12.8 Å². The first-order valence-electron chi connectivity index (χ1n) is 6.10. The van der Waals surface area contributed by atoms with Gasteiger partial charge < -0.3 is 4.52 Å². The number of hydrogen-bond acceptors (Lipinski definition) is 4. The molecule has 0 aliphatic heterocycles. The number of nitriles is 1. The lowest BCUT2D eigenvalue weighted by Gasteiger charge is -2.00. The van der Waals surface area contributed by atoms with Gasteiger partial charge in [0.15, 0.2) is 5.82 Å². The number of nitrogens with zero attached hydrogens (tertiary/aromatic N) is 3. The maximum absolute atomic E-state index is 8.61. The fourth-order valence-corrected chi connectivity index (χ4v) is 2.01. The standard InChI is InChI=1S/C14H14ClN3O/c1-10(5-6-16)7-14-17-13(18-19-14)9-11-3-2-4-12(15)8-11/h2-4,8,10H,5,7,9H2,1H3. The van der Waals surface area contributed by atoms with Crippen LogP contribution in [0.5, 0.6) is 0 Å².